The first-order valence-corrected chi connectivity index (χ1v) is 16.2. The Labute approximate surface area is 269 Å². The van der Waals surface area contributed by atoms with Crippen molar-refractivity contribution in [3.8, 4) is 6.07 Å². The summed E-state index contributed by atoms with van der Waals surface area (Å²) in [5.41, 5.74) is 1.59. The van der Waals surface area contributed by atoms with Gasteiger partial charge in [-0.25, -0.2) is 4.21 Å². The second-order valence-corrected chi connectivity index (χ2v) is 13.8. The highest BCUT2D eigenvalue weighted by atomic mass is 35.5. The normalized spacial score (nSPS) is 23.3. The van der Waals surface area contributed by atoms with Gasteiger partial charge >= 0.3 is 5.97 Å². The molecule has 3 aromatic carbocycles. The lowest BCUT2D eigenvalue weighted by Gasteiger charge is -2.52. The Morgan fingerprint density at radius 3 is 2.41 bits per heavy atom. The van der Waals surface area contributed by atoms with Crippen molar-refractivity contribution >= 4 is 46.3 Å². The van der Waals surface area contributed by atoms with E-state index in [1.165, 1.54) is 4.31 Å². The molecule has 5 unspecified atom stereocenters. The molecule has 2 aliphatic rings. The van der Waals surface area contributed by atoms with Crippen molar-refractivity contribution in [2.45, 2.75) is 57.2 Å². The third-order valence-electron chi connectivity index (χ3n) is 8.68. The highest BCUT2D eigenvalue weighted by Gasteiger charge is 2.54. The van der Waals surface area contributed by atoms with Gasteiger partial charge in [-0.3, -0.25) is 14.1 Å². The van der Waals surface area contributed by atoms with Crippen LogP contribution < -0.4 is 0 Å². The number of likely N-dealkylation sites (tertiary alicyclic amines) is 1. The number of halogens is 2. The average Bonchev–Trinajstić information content (AvgIpc) is 3.82. The third-order valence-corrected chi connectivity index (χ3v) is 9.89. The molecule has 1 aliphatic heterocycles. The maximum Gasteiger partial charge on any atom is 0.304 e. The van der Waals surface area contributed by atoms with Crippen LogP contribution in [0.3, 0.4) is 0 Å². The van der Waals surface area contributed by atoms with E-state index in [0.717, 1.165) is 24.0 Å². The lowest BCUT2D eigenvalue weighted by Crippen LogP contribution is -2.59. The third kappa shape index (κ3) is 7.17. The minimum absolute atomic E-state index is 0.0532. The van der Waals surface area contributed by atoms with Gasteiger partial charge in [-0.2, -0.15) is 9.57 Å². The van der Waals surface area contributed by atoms with E-state index in [9.17, 15) is 28.7 Å². The molecule has 44 heavy (non-hydrogen) atoms. The Hall–Kier alpha value is -3.26. The molecule has 5 rings (SSSR count). The van der Waals surface area contributed by atoms with Gasteiger partial charge in [0.25, 0.3) is 0 Å². The van der Waals surface area contributed by atoms with Gasteiger partial charge in [-0.15, -0.1) is 0 Å². The molecule has 0 bridgehead atoms. The van der Waals surface area contributed by atoms with Crippen LogP contribution in [-0.2, 0) is 27.4 Å². The smallest absolute Gasteiger partial charge is 0.304 e. The fourth-order valence-corrected chi connectivity index (χ4v) is 7.39. The number of carbonyl (C=O) groups excluding carboxylic acids is 1. The van der Waals surface area contributed by atoms with E-state index in [2.05, 4.69) is 6.07 Å². The monoisotopic (exact) mass is 653 g/mol. The lowest BCUT2D eigenvalue weighted by molar-refractivity contribution is -0.161. The van der Waals surface area contributed by atoms with Crippen LogP contribution in [0.2, 0.25) is 10.0 Å². The van der Waals surface area contributed by atoms with Crippen molar-refractivity contribution in [1.82, 2.24) is 9.21 Å². The molecule has 3 aromatic rings. The summed E-state index contributed by atoms with van der Waals surface area (Å²) in [6, 6.07) is 22.6. The van der Waals surface area contributed by atoms with E-state index in [4.69, 9.17) is 23.2 Å². The molecule has 11 heteroatoms. The largest absolute Gasteiger partial charge is 0.481 e. The van der Waals surface area contributed by atoms with Crippen LogP contribution in [0.5, 0.6) is 0 Å². The Kier molecular flexibility index (Phi) is 9.78. The summed E-state index contributed by atoms with van der Waals surface area (Å²) in [5, 5.41) is 20.3. The van der Waals surface area contributed by atoms with Gasteiger partial charge in [0.1, 0.15) is 0 Å². The van der Waals surface area contributed by atoms with E-state index in [-0.39, 0.29) is 43.7 Å². The number of nitrogens with zero attached hydrogens (tertiary/aromatic N) is 3. The number of nitriles is 1. The topological polar surface area (TPSA) is 122 Å². The van der Waals surface area contributed by atoms with Crippen LogP contribution >= 0.6 is 23.2 Å². The lowest BCUT2D eigenvalue weighted by atomic mass is 9.67. The molecule has 0 spiro atoms. The second kappa shape index (κ2) is 13.4. The molecule has 1 heterocycles. The predicted molar refractivity (Wildman–Crippen MR) is 169 cm³/mol. The van der Waals surface area contributed by atoms with Crippen molar-refractivity contribution in [2.24, 2.45) is 11.3 Å². The number of aliphatic carboxylic acids is 1. The second-order valence-electron chi connectivity index (χ2n) is 12.0. The van der Waals surface area contributed by atoms with Crippen molar-refractivity contribution < 1.29 is 23.5 Å². The molecular weight excluding hydrogens is 621 g/mol. The number of rotatable bonds is 11. The summed E-state index contributed by atoms with van der Waals surface area (Å²) in [5.74, 6) is -1.64. The fourth-order valence-electron chi connectivity index (χ4n) is 6.53. The molecule has 1 saturated carbocycles. The maximum atomic E-state index is 14.7. The Morgan fingerprint density at radius 1 is 1.09 bits per heavy atom. The zero-order chi connectivity index (χ0) is 31.6. The standard InChI is InChI=1S/C33H33Cl2N3O5S/c1-33(17-30(39)40)16-28(25-6-3-7-27(35)15-25)31(24-10-12-26(34)13-11-24)38(32(33)41)29(23-8-9-23)20-37(44(42)43)19-22-5-2-4-21(14-22)18-36/h2-7,10-15,23,28-29,31H,8-9,16-17,19-20H2,1H3,(H,39,40)(H,42,43). The first-order valence-electron chi connectivity index (χ1n) is 14.4. The van der Waals surface area contributed by atoms with E-state index in [0.29, 0.717) is 21.2 Å². The number of carbonyl (C=O) groups is 2. The van der Waals surface area contributed by atoms with Gasteiger partial charge < -0.3 is 10.0 Å². The molecule has 230 valence electrons. The molecule has 1 amide bonds. The van der Waals surface area contributed by atoms with Crippen molar-refractivity contribution in [2.75, 3.05) is 6.54 Å². The molecular formula is C33H33Cl2N3O5S. The minimum Gasteiger partial charge on any atom is -0.481 e. The molecule has 5 atom stereocenters. The van der Waals surface area contributed by atoms with Gasteiger partial charge in [0.15, 0.2) is 0 Å². The Balaban J connectivity index is 1.63. The van der Waals surface area contributed by atoms with Crippen LogP contribution in [0.4, 0.5) is 0 Å². The number of carboxylic acid groups (broad SMARTS) is 1. The Morgan fingerprint density at radius 2 is 1.80 bits per heavy atom. The first kappa shape index (κ1) is 32.1. The van der Waals surface area contributed by atoms with Gasteiger partial charge in [0, 0.05) is 35.1 Å². The van der Waals surface area contributed by atoms with Crippen LogP contribution in [0.15, 0.2) is 72.8 Å². The summed E-state index contributed by atoms with van der Waals surface area (Å²) in [6.07, 6.45) is 1.57. The van der Waals surface area contributed by atoms with Crippen molar-refractivity contribution in [3.05, 3.63) is 105 Å². The first-order chi connectivity index (χ1) is 21.0. The number of carboxylic acids is 1. The van der Waals surface area contributed by atoms with Gasteiger partial charge in [-0.05, 0) is 78.3 Å². The van der Waals surface area contributed by atoms with Crippen LogP contribution in [-0.4, -0.2) is 47.5 Å². The summed E-state index contributed by atoms with van der Waals surface area (Å²) in [4.78, 5) is 28.6. The number of amides is 1. The van der Waals surface area contributed by atoms with E-state index >= 15 is 0 Å². The number of hydrogen-bond acceptors (Lipinski definition) is 4. The zero-order valence-corrected chi connectivity index (χ0v) is 26.4. The van der Waals surface area contributed by atoms with Crippen LogP contribution in [0.25, 0.3) is 0 Å². The summed E-state index contributed by atoms with van der Waals surface area (Å²) >= 11 is 10.3. The molecule has 0 radical (unpaired) electrons. The van der Waals surface area contributed by atoms with E-state index in [1.54, 1.807) is 54.3 Å². The van der Waals surface area contributed by atoms with Crippen molar-refractivity contribution in [1.29, 1.82) is 5.26 Å². The molecule has 2 N–H and O–H groups in total. The summed E-state index contributed by atoms with van der Waals surface area (Å²) in [6.45, 7) is 1.86. The van der Waals surface area contributed by atoms with Gasteiger partial charge in [0.05, 0.1) is 29.5 Å². The minimum atomic E-state index is -2.39. The SMILES string of the molecule is CC1(CC(=O)O)CC(c2cccc(Cl)c2)C(c2ccc(Cl)cc2)N(C(CN(Cc2cccc(C#N)c2)S(=O)O)C2CC2)C1=O. The maximum absolute atomic E-state index is 14.7. The highest BCUT2D eigenvalue weighted by molar-refractivity contribution is 7.76. The number of piperidine rings is 1. The summed E-state index contributed by atoms with van der Waals surface area (Å²) < 4.78 is 24.6. The Bertz CT molecular complexity index is 1610. The molecule has 2 fully saturated rings. The molecule has 8 nitrogen and oxygen atoms in total. The van der Waals surface area contributed by atoms with Crippen molar-refractivity contribution in [3.63, 3.8) is 0 Å². The number of hydrogen-bond donors (Lipinski definition) is 2. The number of benzene rings is 3. The average molecular weight is 655 g/mol. The van der Waals surface area contributed by atoms with Gasteiger partial charge in [0.2, 0.25) is 17.2 Å². The fraction of sp³-hybridized carbons (Fsp3) is 0.364. The quantitative estimate of drug-likeness (QED) is 0.219. The molecule has 1 aliphatic carbocycles. The van der Waals surface area contributed by atoms with E-state index < -0.39 is 34.7 Å². The van der Waals surface area contributed by atoms with Gasteiger partial charge in [-0.1, -0.05) is 66.5 Å². The predicted octanol–water partition coefficient (Wildman–Crippen LogP) is 6.82. The zero-order valence-electron chi connectivity index (χ0n) is 24.1. The highest BCUT2D eigenvalue weighted by Crippen LogP contribution is 2.54. The van der Waals surface area contributed by atoms with Crippen LogP contribution in [0, 0.1) is 22.7 Å². The summed E-state index contributed by atoms with van der Waals surface area (Å²) in [7, 11) is 0. The van der Waals surface area contributed by atoms with Crippen LogP contribution in [0.1, 0.15) is 66.8 Å². The van der Waals surface area contributed by atoms with E-state index in [1.807, 2.05) is 30.3 Å². The molecule has 0 aromatic heterocycles. The molecule has 1 saturated heterocycles.